The molecule has 0 spiro atoms. The first-order chi connectivity index (χ1) is 9.08. The number of hydrogen-bond acceptors (Lipinski definition) is 1. The summed E-state index contributed by atoms with van der Waals surface area (Å²) >= 11 is 0. The second kappa shape index (κ2) is 6.03. The number of aliphatic hydroxyl groups excluding tert-OH is 1. The summed E-state index contributed by atoms with van der Waals surface area (Å²) in [4.78, 5) is 0. The van der Waals surface area contributed by atoms with Gasteiger partial charge in [-0.2, -0.15) is 0 Å². The van der Waals surface area contributed by atoms with Crippen LogP contribution in [0.1, 0.15) is 33.7 Å². The zero-order valence-corrected chi connectivity index (χ0v) is 12.0. The molecule has 0 aliphatic heterocycles. The average Bonchev–Trinajstić information content (AvgIpc) is 2.34. The van der Waals surface area contributed by atoms with Gasteiger partial charge in [-0.05, 0) is 38.3 Å². The Labute approximate surface area is 115 Å². The Morgan fingerprint density at radius 3 is 2.16 bits per heavy atom. The normalized spacial score (nSPS) is 12.4. The third-order valence-corrected chi connectivity index (χ3v) is 3.50. The van der Waals surface area contributed by atoms with Crippen molar-refractivity contribution in [2.45, 2.75) is 33.1 Å². The van der Waals surface area contributed by atoms with Gasteiger partial charge in [0.25, 0.3) is 0 Å². The summed E-state index contributed by atoms with van der Waals surface area (Å²) in [5.74, 6) is 0.182. The lowest BCUT2D eigenvalue weighted by molar-refractivity contribution is 0.264. The van der Waals surface area contributed by atoms with Crippen LogP contribution in [0.3, 0.4) is 0 Å². The second-order valence-corrected chi connectivity index (χ2v) is 5.49. The summed E-state index contributed by atoms with van der Waals surface area (Å²) in [6.07, 6.45) is 0.891. The molecule has 0 fully saturated rings. The summed E-state index contributed by atoms with van der Waals surface area (Å²) in [5, 5.41) is 9.67. The van der Waals surface area contributed by atoms with E-state index in [2.05, 4.69) is 63.2 Å². The first-order valence-corrected chi connectivity index (χ1v) is 6.83. The van der Waals surface area contributed by atoms with Gasteiger partial charge in [-0.3, -0.25) is 0 Å². The molecule has 0 aliphatic rings. The van der Waals surface area contributed by atoms with Crippen LogP contribution in [-0.2, 0) is 6.42 Å². The predicted molar refractivity (Wildman–Crippen MR) is 80.6 cm³/mol. The number of rotatable bonds is 4. The van der Waals surface area contributed by atoms with Gasteiger partial charge in [-0.25, -0.2) is 0 Å². The van der Waals surface area contributed by atoms with Gasteiger partial charge >= 0.3 is 0 Å². The Morgan fingerprint density at radius 1 is 0.895 bits per heavy atom. The standard InChI is InChI=1S/C18H22O/c1-13-5-4-6-17(10-13)18(12-19)11-16-8-14(2)7-15(3)9-16/h4-10,18-19H,11-12H2,1-3H3. The highest BCUT2D eigenvalue weighted by Crippen LogP contribution is 2.22. The lowest BCUT2D eigenvalue weighted by atomic mass is 9.90. The summed E-state index contributed by atoms with van der Waals surface area (Å²) in [5.41, 5.74) is 6.35. The molecule has 0 bridgehead atoms. The largest absolute Gasteiger partial charge is 0.396 e. The van der Waals surface area contributed by atoms with Crippen molar-refractivity contribution in [2.75, 3.05) is 6.61 Å². The highest BCUT2D eigenvalue weighted by Gasteiger charge is 2.12. The fraction of sp³-hybridized carbons (Fsp3) is 0.333. The van der Waals surface area contributed by atoms with Crippen molar-refractivity contribution < 1.29 is 5.11 Å². The molecule has 1 N–H and O–H groups in total. The second-order valence-electron chi connectivity index (χ2n) is 5.49. The van der Waals surface area contributed by atoms with Gasteiger partial charge in [0.1, 0.15) is 0 Å². The summed E-state index contributed by atoms with van der Waals surface area (Å²) < 4.78 is 0. The summed E-state index contributed by atoms with van der Waals surface area (Å²) in [7, 11) is 0. The minimum Gasteiger partial charge on any atom is -0.396 e. The van der Waals surface area contributed by atoms with Crippen LogP contribution in [0.4, 0.5) is 0 Å². The van der Waals surface area contributed by atoms with E-state index < -0.39 is 0 Å². The van der Waals surface area contributed by atoms with E-state index in [1.807, 2.05) is 0 Å². The zero-order valence-electron chi connectivity index (χ0n) is 12.0. The van der Waals surface area contributed by atoms with Gasteiger partial charge in [-0.15, -0.1) is 0 Å². The molecule has 1 atom stereocenters. The fourth-order valence-electron chi connectivity index (χ4n) is 2.68. The third kappa shape index (κ3) is 3.68. The van der Waals surface area contributed by atoms with Crippen molar-refractivity contribution in [3.8, 4) is 0 Å². The number of benzene rings is 2. The van der Waals surface area contributed by atoms with Crippen LogP contribution < -0.4 is 0 Å². The molecule has 2 rings (SSSR count). The Kier molecular flexibility index (Phi) is 4.39. The fourth-order valence-corrected chi connectivity index (χ4v) is 2.68. The monoisotopic (exact) mass is 254 g/mol. The predicted octanol–water partition coefficient (Wildman–Crippen LogP) is 3.93. The lowest BCUT2D eigenvalue weighted by Gasteiger charge is -2.16. The Balaban J connectivity index is 2.23. The average molecular weight is 254 g/mol. The first kappa shape index (κ1) is 13.8. The van der Waals surface area contributed by atoms with Crippen molar-refractivity contribution >= 4 is 0 Å². The number of aliphatic hydroxyl groups is 1. The molecule has 0 saturated heterocycles. The van der Waals surface area contributed by atoms with Crippen molar-refractivity contribution in [3.05, 3.63) is 70.3 Å². The molecule has 1 heteroatoms. The number of aryl methyl sites for hydroxylation is 3. The maximum absolute atomic E-state index is 9.67. The molecule has 0 amide bonds. The third-order valence-electron chi connectivity index (χ3n) is 3.50. The molecule has 0 heterocycles. The van der Waals surface area contributed by atoms with E-state index in [1.165, 1.54) is 27.8 Å². The van der Waals surface area contributed by atoms with Gasteiger partial charge in [-0.1, -0.05) is 59.2 Å². The van der Waals surface area contributed by atoms with Crippen LogP contribution in [0.15, 0.2) is 42.5 Å². The van der Waals surface area contributed by atoms with Crippen LogP contribution in [0, 0.1) is 20.8 Å². The molecule has 1 unspecified atom stereocenters. The van der Waals surface area contributed by atoms with E-state index in [1.54, 1.807) is 0 Å². The summed E-state index contributed by atoms with van der Waals surface area (Å²) in [6, 6.07) is 15.0. The molecule has 19 heavy (non-hydrogen) atoms. The van der Waals surface area contributed by atoms with Crippen LogP contribution in [0.25, 0.3) is 0 Å². The SMILES string of the molecule is Cc1cc(C)cc(CC(CO)c2cccc(C)c2)c1. The highest BCUT2D eigenvalue weighted by atomic mass is 16.3. The topological polar surface area (TPSA) is 20.2 Å². The van der Waals surface area contributed by atoms with E-state index in [0.717, 1.165) is 6.42 Å². The van der Waals surface area contributed by atoms with Crippen LogP contribution in [-0.4, -0.2) is 11.7 Å². The maximum Gasteiger partial charge on any atom is 0.0502 e. The van der Waals surface area contributed by atoms with E-state index in [0.29, 0.717) is 0 Å². The zero-order chi connectivity index (χ0) is 13.8. The van der Waals surface area contributed by atoms with Crippen LogP contribution in [0.5, 0.6) is 0 Å². The Morgan fingerprint density at radius 2 is 1.58 bits per heavy atom. The molecule has 0 saturated carbocycles. The molecule has 0 aliphatic carbocycles. The van der Waals surface area contributed by atoms with E-state index in [4.69, 9.17) is 0 Å². The van der Waals surface area contributed by atoms with E-state index in [9.17, 15) is 5.11 Å². The van der Waals surface area contributed by atoms with Crippen molar-refractivity contribution in [2.24, 2.45) is 0 Å². The summed E-state index contributed by atoms with van der Waals surface area (Å²) in [6.45, 7) is 6.53. The van der Waals surface area contributed by atoms with Crippen LogP contribution in [0.2, 0.25) is 0 Å². The smallest absolute Gasteiger partial charge is 0.0502 e. The van der Waals surface area contributed by atoms with E-state index in [-0.39, 0.29) is 12.5 Å². The minimum absolute atomic E-state index is 0.182. The molecular formula is C18H22O. The van der Waals surface area contributed by atoms with Crippen molar-refractivity contribution in [3.63, 3.8) is 0 Å². The first-order valence-electron chi connectivity index (χ1n) is 6.83. The maximum atomic E-state index is 9.67. The minimum atomic E-state index is 0.182. The van der Waals surface area contributed by atoms with Crippen LogP contribution >= 0.6 is 0 Å². The number of hydrogen-bond donors (Lipinski definition) is 1. The highest BCUT2D eigenvalue weighted by molar-refractivity contribution is 5.32. The van der Waals surface area contributed by atoms with Crippen molar-refractivity contribution in [1.29, 1.82) is 0 Å². The van der Waals surface area contributed by atoms with Gasteiger partial charge in [0.2, 0.25) is 0 Å². The molecular weight excluding hydrogens is 232 g/mol. The molecule has 100 valence electrons. The Bertz CT molecular complexity index is 537. The Hall–Kier alpha value is -1.60. The van der Waals surface area contributed by atoms with E-state index >= 15 is 0 Å². The lowest BCUT2D eigenvalue weighted by Crippen LogP contribution is -2.08. The van der Waals surface area contributed by atoms with Gasteiger partial charge < -0.3 is 5.11 Å². The quantitative estimate of drug-likeness (QED) is 0.876. The molecule has 2 aromatic rings. The molecule has 0 aromatic heterocycles. The molecule has 2 aromatic carbocycles. The molecule has 1 nitrogen and oxygen atoms in total. The van der Waals surface area contributed by atoms with Crippen molar-refractivity contribution in [1.82, 2.24) is 0 Å². The molecule has 0 radical (unpaired) electrons. The van der Waals surface area contributed by atoms with Gasteiger partial charge in [0, 0.05) is 5.92 Å². The van der Waals surface area contributed by atoms with Gasteiger partial charge in [0.05, 0.1) is 6.61 Å². The van der Waals surface area contributed by atoms with Gasteiger partial charge in [0.15, 0.2) is 0 Å².